The van der Waals surface area contributed by atoms with Crippen molar-refractivity contribution in [2.45, 2.75) is 32.6 Å². The summed E-state index contributed by atoms with van der Waals surface area (Å²) in [6.07, 6.45) is 1.63. The molecule has 1 aromatic rings. The molecule has 0 saturated carbocycles. The molecule has 0 spiro atoms. The molecule has 0 fully saturated rings. The molecule has 0 aliphatic rings. The summed E-state index contributed by atoms with van der Waals surface area (Å²) in [7, 11) is 0. The van der Waals surface area contributed by atoms with E-state index in [9.17, 15) is 9.59 Å². The Morgan fingerprint density at radius 3 is 1.96 bits per heavy atom. The smallest absolute Gasteiger partial charge is 0.249 e. The number of hydrogen-bond acceptors (Lipinski definition) is 7. The lowest BCUT2D eigenvalue weighted by atomic mass is 9.96. The molecule has 0 aliphatic carbocycles. The molecule has 0 saturated heterocycles. The van der Waals surface area contributed by atoms with Crippen LogP contribution >= 0.6 is 0 Å². The molecular weight excluding hydrogens is 312 g/mol. The molecule has 0 radical (unpaired) electrons. The summed E-state index contributed by atoms with van der Waals surface area (Å²) >= 11 is 0. The van der Waals surface area contributed by atoms with Crippen molar-refractivity contribution < 1.29 is 14.2 Å². The minimum Gasteiger partial charge on any atom is -0.381 e. The van der Waals surface area contributed by atoms with E-state index in [1.54, 1.807) is 0 Å². The van der Waals surface area contributed by atoms with Gasteiger partial charge in [0.1, 0.15) is 0 Å². The molecule has 3 N–H and O–H groups in total. The predicted octanol–water partition coefficient (Wildman–Crippen LogP) is 0.607. The Hall–Kier alpha value is -1.28. The molecule has 0 unspecified atom stereocenters. The Morgan fingerprint density at radius 1 is 0.875 bits per heavy atom. The van der Waals surface area contributed by atoms with E-state index >= 15 is 0 Å². The lowest BCUT2D eigenvalue weighted by Gasteiger charge is -2.15. The van der Waals surface area contributed by atoms with Gasteiger partial charge in [-0.2, -0.15) is 0 Å². The molecule has 7 heteroatoms. The fourth-order valence-corrected chi connectivity index (χ4v) is 2.25. The standard InChI is InChI=1S/C17H30N2O5/c1-13(2)14-15(17(21)16(14)20)19-6-4-8-23-10-12-24-11-9-22-7-3-5-18/h13,19H,3-12,18H2,1-2H3. The first-order valence-electron chi connectivity index (χ1n) is 8.60. The van der Waals surface area contributed by atoms with Gasteiger partial charge in [-0.3, -0.25) is 9.59 Å². The molecule has 0 atom stereocenters. The first kappa shape index (κ1) is 20.8. The van der Waals surface area contributed by atoms with Gasteiger partial charge >= 0.3 is 0 Å². The zero-order valence-corrected chi connectivity index (χ0v) is 14.8. The Bertz CT molecular complexity index is 523. The van der Waals surface area contributed by atoms with Crippen LogP contribution in [0.4, 0.5) is 5.69 Å². The summed E-state index contributed by atoms with van der Waals surface area (Å²) in [5, 5.41) is 3.04. The Kier molecular flexibility index (Phi) is 10.5. The fourth-order valence-electron chi connectivity index (χ4n) is 2.25. The second-order valence-corrected chi connectivity index (χ2v) is 5.86. The fraction of sp³-hybridized carbons (Fsp3) is 0.765. The van der Waals surface area contributed by atoms with Crippen molar-refractivity contribution in [2.75, 3.05) is 58.0 Å². The zero-order chi connectivity index (χ0) is 17.8. The van der Waals surface area contributed by atoms with Crippen molar-refractivity contribution in [1.82, 2.24) is 0 Å². The average molecular weight is 342 g/mol. The van der Waals surface area contributed by atoms with Crippen molar-refractivity contribution in [3.8, 4) is 0 Å². The van der Waals surface area contributed by atoms with Gasteiger partial charge in [0.25, 0.3) is 0 Å². The van der Waals surface area contributed by atoms with Crippen LogP contribution in [-0.4, -0.2) is 52.7 Å². The molecule has 138 valence electrons. The van der Waals surface area contributed by atoms with Gasteiger partial charge in [-0.15, -0.1) is 0 Å². The number of nitrogens with two attached hydrogens (primary N) is 1. The minimum atomic E-state index is -0.401. The Morgan fingerprint density at radius 2 is 1.42 bits per heavy atom. The Labute approximate surface area is 143 Å². The van der Waals surface area contributed by atoms with Crippen LogP contribution in [0.3, 0.4) is 0 Å². The second kappa shape index (κ2) is 12.1. The number of nitrogens with one attached hydrogen (secondary N) is 1. The van der Waals surface area contributed by atoms with Crippen molar-refractivity contribution >= 4 is 5.69 Å². The van der Waals surface area contributed by atoms with Gasteiger partial charge in [-0.05, 0) is 25.3 Å². The van der Waals surface area contributed by atoms with Crippen LogP contribution in [-0.2, 0) is 14.2 Å². The first-order valence-corrected chi connectivity index (χ1v) is 8.60. The largest absolute Gasteiger partial charge is 0.381 e. The highest BCUT2D eigenvalue weighted by atomic mass is 16.5. The van der Waals surface area contributed by atoms with Crippen molar-refractivity contribution in [1.29, 1.82) is 0 Å². The molecular formula is C17H30N2O5. The normalized spacial score (nSPS) is 11.5. The van der Waals surface area contributed by atoms with E-state index in [0.717, 1.165) is 12.8 Å². The monoisotopic (exact) mass is 342 g/mol. The molecule has 0 heterocycles. The number of hydrogen-bond donors (Lipinski definition) is 2. The van der Waals surface area contributed by atoms with E-state index in [2.05, 4.69) is 5.32 Å². The maximum atomic E-state index is 11.5. The third-order valence-corrected chi connectivity index (χ3v) is 3.53. The topological polar surface area (TPSA) is 99.9 Å². The minimum absolute atomic E-state index is 0.0744. The average Bonchev–Trinajstić information content (AvgIpc) is 2.56. The predicted molar refractivity (Wildman–Crippen MR) is 94.7 cm³/mol. The number of anilines is 1. The highest BCUT2D eigenvalue weighted by Crippen LogP contribution is 2.18. The van der Waals surface area contributed by atoms with Crippen LogP contribution < -0.4 is 21.9 Å². The quantitative estimate of drug-likeness (QED) is 0.356. The summed E-state index contributed by atoms with van der Waals surface area (Å²) in [5.41, 5.74) is 5.69. The van der Waals surface area contributed by atoms with Crippen LogP contribution in [0.1, 0.15) is 38.2 Å². The highest BCUT2D eigenvalue weighted by Gasteiger charge is 2.22. The van der Waals surface area contributed by atoms with Gasteiger partial charge < -0.3 is 25.3 Å². The van der Waals surface area contributed by atoms with Gasteiger partial charge in [0.05, 0.1) is 32.1 Å². The SMILES string of the molecule is CC(C)c1c(NCCCOCCOCCOCCCN)c(=O)c1=O. The third kappa shape index (κ3) is 7.09. The van der Waals surface area contributed by atoms with E-state index in [1.165, 1.54) is 0 Å². The summed E-state index contributed by atoms with van der Waals surface area (Å²) in [6.45, 7) is 8.51. The maximum Gasteiger partial charge on any atom is 0.249 e. The van der Waals surface area contributed by atoms with E-state index < -0.39 is 5.43 Å². The van der Waals surface area contributed by atoms with E-state index in [4.69, 9.17) is 19.9 Å². The molecule has 1 rings (SSSR count). The molecule has 0 amide bonds. The summed E-state index contributed by atoms with van der Waals surface area (Å²) in [6, 6.07) is 0. The lowest BCUT2D eigenvalue weighted by molar-refractivity contribution is 0.0144. The number of rotatable bonds is 15. The van der Waals surface area contributed by atoms with Gasteiger partial charge in [0.15, 0.2) is 0 Å². The van der Waals surface area contributed by atoms with Gasteiger partial charge in [-0.1, -0.05) is 13.8 Å². The molecule has 1 aromatic carbocycles. The van der Waals surface area contributed by atoms with Gasteiger partial charge in [-0.25, -0.2) is 0 Å². The van der Waals surface area contributed by atoms with Crippen molar-refractivity contribution in [2.24, 2.45) is 5.73 Å². The maximum absolute atomic E-state index is 11.5. The summed E-state index contributed by atoms with van der Waals surface area (Å²) in [5.74, 6) is 0.0744. The van der Waals surface area contributed by atoms with E-state index in [1.807, 2.05) is 13.8 Å². The second-order valence-electron chi connectivity index (χ2n) is 5.86. The van der Waals surface area contributed by atoms with Gasteiger partial charge in [0, 0.05) is 25.3 Å². The van der Waals surface area contributed by atoms with Gasteiger partial charge in [0.2, 0.25) is 10.9 Å². The van der Waals surface area contributed by atoms with Crippen molar-refractivity contribution in [3.63, 3.8) is 0 Å². The zero-order valence-electron chi connectivity index (χ0n) is 14.8. The third-order valence-electron chi connectivity index (χ3n) is 3.53. The first-order chi connectivity index (χ1) is 11.6. The summed E-state index contributed by atoms with van der Waals surface area (Å²) < 4.78 is 16.1. The molecule has 24 heavy (non-hydrogen) atoms. The van der Waals surface area contributed by atoms with Crippen LogP contribution in [0.5, 0.6) is 0 Å². The highest BCUT2D eigenvalue weighted by molar-refractivity contribution is 5.57. The van der Waals surface area contributed by atoms with Crippen LogP contribution in [0.2, 0.25) is 0 Å². The van der Waals surface area contributed by atoms with Crippen LogP contribution in [0.25, 0.3) is 0 Å². The van der Waals surface area contributed by atoms with Crippen molar-refractivity contribution in [3.05, 3.63) is 26.0 Å². The van der Waals surface area contributed by atoms with Crippen LogP contribution in [0.15, 0.2) is 9.59 Å². The van der Waals surface area contributed by atoms with E-state index in [0.29, 0.717) is 64.0 Å². The number of ether oxygens (including phenoxy) is 3. The van der Waals surface area contributed by atoms with E-state index in [-0.39, 0.29) is 11.3 Å². The van der Waals surface area contributed by atoms with Crippen LogP contribution in [0, 0.1) is 0 Å². The lowest BCUT2D eigenvalue weighted by Crippen LogP contribution is -2.39. The molecule has 0 aliphatic heterocycles. The summed E-state index contributed by atoms with van der Waals surface area (Å²) in [4.78, 5) is 22.9. The molecule has 0 bridgehead atoms. The molecule has 0 aromatic heterocycles. The Balaban J connectivity index is 1.94. The molecule has 7 nitrogen and oxygen atoms in total.